The van der Waals surface area contributed by atoms with Crippen molar-refractivity contribution in [3.05, 3.63) is 18.0 Å². The number of nitrogens with one attached hydrogen (secondary N) is 2. The van der Waals surface area contributed by atoms with E-state index in [1.54, 1.807) is 10.9 Å². The number of carbonyl (C=O) groups excluding carboxylic acids is 1. The molecule has 0 saturated carbocycles. The van der Waals surface area contributed by atoms with Crippen LogP contribution in [0.25, 0.3) is 0 Å². The molecule has 0 unspecified atom stereocenters. The van der Waals surface area contributed by atoms with Crippen molar-refractivity contribution in [1.29, 1.82) is 0 Å². The zero-order valence-corrected chi connectivity index (χ0v) is 8.86. The average Bonchev–Trinajstić information content (AvgIpc) is 2.55. The van der Waals surface area contributed by atoms with Crippen molar-refractivity contribution in [2.24, 2.45) is 13.0 Å². The number of aromatic nitrogens is 2. The molecular formula is C10H16N4O. The minimum absolute atomic E-state index is 0.130. The van der Waals surface area contributed by atoms with Gasteiger partial charge in [0.2, 0.25) is 5.91 Å². The van der Waals surface area contributed by atoms with Crippen LogP contribution in [0.1, 0.15) is 12.0 Å². The molecule has 2 N–H and O–H groups in total. The van der Waals surface area contributed by atoms with E-state index in [2.05, 4.69) is 15.7 Å². The summed E-state index contributed by atoms with van der Waals surface area (Å²) in [5, 5.41) is 10.1. The second-order valence-corrected chi connectivity index (χ2v) is 4.03. The smallest absolute Gasteiger partial charge is 0.220 e. The van der Waals surface area contributed by atoms with Gasteiger partial charge >= 0.3 is 0 Å². The number of hydrogen-bond acceptors (Lipinski definition) is 3. The molecule has 0 bridgehead atoms. The second kappa shape index (κ2) is 4.44. The zero-order valence-electron chi connectivity index (χ0n) is 8.86. The Bertz CT molecular complexity index is 343. The molecule has 0 radical (unpaired) electrons. The van der Waals surface area contributed by atoms with Gasteiger partial charge in [0, 0.05) is 31.8 Å². The van der Waals surface area contributed by atoms with Crippen LogP contribution in [-0.2, 0) is 18.4 Å². The Morgan fingerprint density at radius 2 is 2.53 bits per heavy atom. The minimum Gasteiger partial charge on any atom is -0.352 e. The molecule has 1 aliphatic heterocycles. The Morgan fingerprint density at radius 3 is 3.07 bits per heavy atom. The Morgan fingerprint density at radius 1 is 1.73 bits per heavy atom. The van der Waals surface area contributed by atoms with E-state index in [9.17, 15) is 4.79 Å². The first-order valence-corrected chi connectivity index (χ1v) is 5.19. The first-order chi connectivity index (χ1) is 7.24. The molecule has 0 aliphatic carbocycles. The topological polar surface area (TPSA) is 59.0 Å². The summed E-state index contributed by atoms with van der Waals surface area (Å²) in [6.07, 6.45) is 4.31. The van der Waals surface area contributed by atoms with Gasteiger partial charge in [-0.3, -0.25) is 9.48 Å². The van der Waals surface area contributed by atoms with Crippen molar-refractivity contribution >= 4 is 5.91 Å². The van der Waals surface area contributed by atoms with Crippen molar-refractivity contribution in [1.82, 2.24) is 20.4 Å². The number of hydrogen-bond donors (Lipinski definition) is 2. The van der Waals surface area contributed by atoms with Gasteiger partial charge in [0.1, 0.15) is 0 Å². The van der Waals surface area contributed by atoms with Gasteiger partial charge in [-0.25, -0.2) is 0 Å². The lowest BCUT2D eigenvalue weighted by Crippen LogP contribution is -2.44. The van der Waals surface area contributed by atoms with Crippen LogP contribution < -0.4 is 10.6 Å². The molecule has 2 rings (SSSR count). The van der Waals surface area contributed by atoms with Gasteiger partial charge in [-0.15, -0.1) is 0 Å². The lowest BCUT2D eigenvalue weighted by atomic mass is 9.99. The summed E-state index contributed by atoms with van der Waals surface area (Å²) >= 11 is 0. The summed E-state index contributed by atoms with van der Waals surface area (Å²) in [5.41, 5.74) is 1.04. The standard InChI is InChI=1S/C10H16N4O/c1-14-7-9(6-13-14)5-12-10(15)2-8-3-11-4-8/h6-8,11H,2-5H2,1H3,(H,12,15). The third-order valence-electron chi connectivity index (χ3n) is 2.59. The Labute approximate surface area is 88.8 Å². The van der Waals surface area contributed by atoms with Crippen molar-refractivity contribution in [2.75, 3.05) is 13.1 Å². The van der Waals surface area contributed by atoms with Gasteiger partial charge in [-0.2, -0.15) is 5.10 Å². The molecule has 0 aromatic carbocycles. The van der Waals surface area contributed by atoms with Crippen molar-refractivity contribution < 1.29 is 4.79 Å². The Balaban J connectivity index is 1.70. The lowest BCUT2D eigenvalue weighted by molar-refractivity contribution is -0.122. The largest absolute Gasteiger partial charge is 0.352 e. The van der Waals surface area contributed by atoms with E-state index in [0.717, 1.165) is 18.7 Å². The first kappa shape index (κ1) is 10.2. The van der Waals surface area contributed by atoms with Gasteiger partial charge in [0.15, 0.2) is 0 Å². The number of amides is 1. The highest BCUT2D eigenvalue weighted by Crippen LogP contribution is 2.07. The number of carbonyl (C=O) groups is 1. The third kappa shape index (κ3) is 2.79. The van der Waals surface area contributed by atoms with Crippen LogP contribution in [0.4, 0.5) is 0 Å². The number of rotatable bonds is 4. The fraction of sp³-hybridized carbons (Fsp3) is 0.600. The molecule has 5 nitrogen and oxygen atoms in total. The third-order valence-corrected chi connectivity index (χ3v) is 2.59. The Hall–Kier alpha value is -1.36. The predicted molar refractivity (Wildman–Crippen MR) is 56.0 cm³/mol. The molecule has 0 spiro atoms. The maximum absolute atomic E-state index is 11.5. The molecule has 2 heterocycles. The number of nitrogens with zero attached hydrogens (tertiary/aromatic N) is 2. The van der Waals surface area contributed by atoms with E-state index in [-0.39, 0.29) is 5.91 Å². The monoisotopic (exact) mass is 208 g/mol. The molecule has 82 valence electrons. The van der Waals surface area contributed by atoms with E-state index in [1.807, 2.05) is 13.2 Å². The molecule has 1 aliphatic rings. The highest BCUT2D eigenvalue weighted by atomic mass is 16.1. The highest BCUT2D eigenvalue weighted by molar-refractivity contribution is 5.76. The first-order valence-electron chi connectivity index (χ1n) is 5.19. The molecule has 1 amide bonds. The van der Waals surface area contributed by atoms with Crippen LogP contribution in [-0.4, -0.2) is 28.8 Å². The fourth-order valence-corrected chi connectivity index (χ4v) is 1.59. The van der Waals surface area contributed by atoms with Gasteiger partial charge in [0.05, 0.1) is 6.20 Å². The summed E-state index contributed by atoms with van der Waals surface area (Å²) in [5.74, 6) is 0.657. The summed E-state index contributed by atoms with van der Waals surface area (Å²) in [6.45, 7) is 2.52. The molecule has 1 fully saturated rings. The van der Waals surface area contributed by atoms with Gasteiger partial charge in [-0.05, 0) is 19.0 Å². The Kier molecular flexibility index (Phi) is 3.01. The molecule has 1 aromatic rings. The molecule has 1 saturated heterocycles. The molecule has 5 heteroatoms. The highest BCUT2D eigenvalue weighted by Gasteiger charge is 2.19. The lowest BCUT2D eigenvalue weighted by Gasteiger charge is -2.26. The summed E-state index contributed by atoms with van der Waals surface area (Å²) in [7, 11) is 1.87. The normalized spacial score (nSPS) is 16.1. The molecule has 1 aromatic heterocycles. The maximum Gasteiger partial charge on any atom is 0.220 e. The maximum atomic E-state index is 11.5. The van der Waals surface area contributed by atoms with Crippen LogP contribution in [0.2, 0.25) is 0 Å². The van der Waals surface area contributed by atoms with Crippen LogP contribution in [0.5, 0.6) is 0 Å². The molecule has 0 atom stereocenters. The van der Waals surface area contributed by atoms with E-state index in [1.165, 1.54) is 0 Å². The fourth-order valence-electron chi connectivity index (χ4n) is 1.59. The van der Waals surface area contributed by atoms with Crippen LogP contribution >= 0.6 is 0 Å². The van der Waals surface area contributed by atoms with Crippen LogP contribution in [0.15, 0.2) is 12.4 Å². The van der Waals surface area contributed by atoms with Gasteiger partial charge < -0.3 is 10.6 Å². The van der Waals surface area contributed by atoms with Crippen LogP contribution in [0, 0.1) is 5.92 Å². The quantitative estimate of drug-likeness (QED) is 0.711. The predicted octanol–water partition coefficient (Wildman–Crippen LogP) is -0.354. The molecule has 15 heavy (non-hydrogen) atoms. The SMILES string of the molecule is Cn1cc(CNC(=O)CC2CNC2)cn1. The average molecular weight is 208 g/mol. The van der Waals surface area contributed by atoms with E-state index >= 15 is 0 Å². The summed E-state index contributed by atoms with van der Waals surface area (Å²) < 4.78 is 1.73. The van der Waals surface area contributed by atoms with Crippen LogP contribution in [0.3, 0.4) is 0 Å². The van der Waals surface area contributed by atoms with Crippen molar-refractivity contribution in [3.8, 4) is 0 Å². The van der Waals surface area contributed by atoms with E-state index in [4.69, 9.17) is 0 Å². The number of aryl methyl sites for hydroxylation is 1. The minimum atomic E-state index is 0.130. The van der Waals surface area contributed by atoms with Gasteiger partial charge in [-0.1, -0.05) is 0 Å². The van der Waals surface area contributed by atoms with E-state index < -0.39 is 0 Å². The van der Waals surface area contributed by atoms with Crippen molar-refractivity contribution in [3.63, 3.8) is 0 Å². The van der Waals surface area contributed by atoms with Crippen molar-refractivity contribution in [2.45, 2.75) is 13.0 Å². The zero-order chi connectivity index (χ0) is 10.7. The summed E-state index contributed by atoms with van der Waals surface area (Å²) in [6, 6.07) is 0. The van der Waals surface area contributed by atoms with E-state index in [0.29, 0.717) is 18.9 Å². The molecular weight excluding hydrogens is 192 g/mol. The summed E-state index contributed by atoms with van der Waals surface area (Å²) in [4.78, 5) is 11.5. The van der Waals surface area contributed by atoms with Gasteiger partial charge in [0.25, 0.3) is 0 Å². The second-order valence-electron chi connectivity index (χ2n) is 4.03.